The number of carbonyl (C=O) groups is 1. The summed E-state index contributed by atoms with van der Waals surface area (Å²) in [6.45, 7) is 2.28. The second kappa shape index (κ2) is 6.47. The van der Waals surface area contributed by atoms with Crippen LogP contribution in [0.4, 0.5) is 11.4 Å². The number of nitrogens with two attached hydrogens (primary N) is 1. The largest absolute Gasteiger partial charge is 0.399 e. The van der Waals surface area contributed by atoms with Gasteiger partial charge >= 0.3 is 0 Å². The van der Waals surface area contributed by atoms with Gasteiger partial charge in [0.15, 0.2) is 0 Å². The molecule has 0 bridgehead atoms. The number of hydrogen-bond donors (Lipinski definition) is 2. The zero-order chi connectivity index (χ0) is 15.4. The highest BCUT2D eigenvalue weighted by molar-refractivity contribution is 6.00. The highest BCUT2D eigenvalue weighted by atomic mass is 16.2. The minimum Gasteiger partial charge on any atom is -0.399 e. The molecule has 0 atom stereocenters. The van der Waals surface area contributed by atoms with Crippen LogP contribution in [0.5, 0.6) is 0 Å². The molecule has 5 heteroatoms. The Morgan fingerprint density at radius 3 is 2.82 bits per heavy atom. The van der Waals surface area contributed by atoms with Gasteiger partial charge in [0.1, 0.15) is 0 Å². The fraction of sp³-hybridized carbons (Fsp3) is 0.294. The first kappa shape index (κ1) is 14.4. The molecule has 1 aromatic heterocycles. The molecule has 3 N–H and O–H groups in total. The molecule has 0 radical (unpaired) electrons. The van der Waals surface area contributed by atoms with Gasteiger partial charge in [-0.05, 0) is 42.7 Å². The summed E-state index contributed by atoms with van der Waals surface area (Å²) in [7, 11) is 0. The van der Waals surface area contributed by atoms with Crippen molar-refractivity contribution in [2.75, 3.05) is 24.1 Å². The number of pyridine rings is 1. The molecule has 1 fully saturated rings. The number of carbonyl (C=O) groups excluding carboxylic acids is 1. The molecule has 0 spiro atoms. The van der Waals surface area contributed by atoms with Crippen molar-refractivity contribution >= 4 is 17.3 Å². The van der Waals surface area contributed by atoms with E-state index in [1.165, 1.54) is 0 Å². The molecule has 1 aromatic carbocycles. The number of nitrogens with one attached hydrogen (secondary N) is 1. The number of rotatable bonds is 4. The molecule has 5 nitrogen and oxygen atoms in total. The van der Waals surface area contributed by atoms with Gasteiger partial charge in [0.2, 0.25) is 0 Å². The Morgan fingerprint density at radius 2 is 2.09 bits per heavy atom. The number of aromatic nitrogens is 1. The number of amides is 1. The van der Waals surface area contributed by atoms with Gasteiger partial charge in [-0.15, -0.1) is 0 Å². The van der Waals surface area contributed by atoms with Crippen molar-refractivity contribution in [1.29, 1.82) is 0 Å². The van der Waals surface area contributed by atoms with Crippen molar-refractivity contribution in [3.05, 3.63) is 53.9 Å². The van der Waals surface area contributed by atoms with Gasteiger partial charge in [0, 0.05) is 43.4 Å². The third-order valence-electron chi connectivity index (χ3n) is 3.87. The van der Waals surface area contributed by atoms with Gasteiger partial charge in [-0.2, -0.15) is 0 Å². The number of nitrogens with zero attached hydrogens (tertiary/aromatic N) is 2. The van der Waals surface area contributed by atoms with E-state index < -0.39 is 0 Å². The summed E-state index contributed by atoms with van der Waals surface area (Å²) in [4.78, 5) is 18.6. The average Bonchev–Trinajstić information content (AvgIpc) is 3.08. The van der Waals surface area contributed by atoms with E-state index in [0.717, 1.165) is 37.2 Å². The van der Waals surface area contributed by atoms with Crippen LogP contribution in [0.25, 0.3) is 0 Å². The van der Waals surface area contributed by atoms with Crippen LogP contribution in [0.2, 0.25) is 0 Å². The second-order valence-corrected chi connectivity index (χ2v) is 5.52. The first-order chi connectivity index (χ1) is 10.7. The fourth-order valence-corrected chi connectivity index (χ4v) is 2.68. The van der Waals surface area contributed by atoms with Gasteiger partial charge in [-0.3, -0.25) is 9.78 Å². The molecule has 1 saturated heterocycles. The Morgan fingerprint density at radius 1 is 1.27 bits per heavy atom. The molecule has 2 aromatic rings. The maximum absolute atomic E-state index is 12.6. The molecule has 0 aliphatic carbocycles. The summed E-state index contributed by atoms with van der Waals surface area (Å²) >= 11 is 0. The standard InChI is InChI=1S/C17H20N4O/c18-14-5-6-16(20-12-13-4-3-7-19-11-13)15(10-14)17(22)21-8-1-2-9-21/h3-7,10-11,20H,1-2,8-9,12,18H2. The second-order valence-electron chi connectivity index (χ2n) is 5.52. The summed E-state index contributed by atoms with van der Waals surface area (Å²) in [6.07, 6.45) is 5.71. The number of hydrogen-bond acceptors (Lipinski definition) is 4. The van der Waals surface area contributed by atoms with Gasteiger partial charge < -0.3 is 16.0 Å². The number of nitrogen functional groups attached to an aromatic ring is 1. The SMILES string of the molecule is Nc1ccc(NCc2cccnc2)c(C(=O)N2CCCC2)c1. The Hall–Kier alpha value is -2.56. The van der Waals surface area contributed by atoms with Gasteiger partial charge in [0.05, 0.1) is 5.56 Å². The van der Waals surface area contributed by atoms with Crippen LogP contribution in [0.15, 0.2) is 42.7 Å². The summed E-state index contributed by atoms with van der Waals surface area (Å²) in [5.74, 6) is 0.0542. The zero-order valence-corrected chi connectivity index (χ0v) is 12.5. The lowest BCUT2D eigenvalue weighted by Crippen LogP contribution is -2.28. The van der Waals surface area contributed by atoms with Crippen LogP contribution in [0, 0.1) is 0 Å². The molecule has 114 valence electrons. The van der Waals surface area contributed by atoms with E-state index in [9.17, 15) is 4.79 Å². The molecule has 1 amide bonds. The Balaban J connectivity index is 1.79. The number of benzene rings is 1. The highest BCUT2D eigenvalue weighted by Crippen LogP contribution is 2.23. The predicted molar refractivity (Wildman–Crippen MR) is 87.6 cm³/mol. The van der Waals surface area contributed by atoms with Crippen molar-refractivity contribution in [2.24, 2.45) is 0 Å². The third kappa shape index (κ3) is 3.19. The first-order valence-electron chi connectivity index (χ1n) is 7.55. The van der Waals surface area contributed by atoms with Crippen LogP contribution >= 0.6 is 0 Å². The monoisotopic (exact) mass is 296 g/mol. The van der Waals surface area contributed by atoms with Crippen molar-refractivity contribution in [1.82, 2.24) is 9.88 Å². The van der Waals surface area contributed by atoms with Gasteiger partial charge in [0.25, 0.3) is 5.91 Å². The van der Waals surface area contributed by atoms with E-state index in [-0.39, 0.29) is 5.91 Å². The Bertz CT molecular complexity index is 651. The van der Waals surface area contributed by atoms with Crippen molar-refractivity contribution in [3.63, 3.8) is 0 Å². The van der Waals surface area contributed by atoms with Crippen LogP contribution < -0.4 is 11.1 Å². The normalized spacial score (nSPS) is 14.1. The van der Waals surface area contributed by atoms with Crippen molar-refractivity contribution < 1.29 is 4.79 Å². The van der Waals surface area contributed by atoms with E-state index in [2.05, 4.69) is 10.3 Å². The lowest BCUT2D eigenvalue weighted by atomic mass is 10.1. The fourth-order valence-electron chi connectivity index (χ4n) is 2.68. The topological polar surface area (TPSA) is 71.2 Å². The van der Waals surface area contributed by atoms with Crippen LogP contribution in [0.3, 0.4) is 0 Å². The van der Waals surface area contributed by atoms with Gasteiger partial charge in [-0.25, -0.2) is 0 Å². The molecule has 1 aliphatic rings. The molecule has 2 heterocycles. The molecule has 1 aliphatic heterocycles. The first-order valence-corrected chi connectivity index (χ1v) is 7.55. The van der Waals surface area contributed by atoms with Crippen molar-refractivity contribution in [3.8, 4) is 0 Å². The minimum absolute atomic E-state index is 0.0542. The Kier molecular flexibility index (Phi) is 4.23. The summed E-state index contributed by atoms with van der Waals surface area (Å²) < 4.78 is 0. The van der Waals surface area contributed by atoms with E-state index in [4.69, 9.17) is 5.73 Å². The molecule has 0 saturated carbocycles. The number of likely N-dealkylation sites (tertiary alicyclic amines) is 1. The van der Waals surface area contributed by atoms with E-state index >= 15 is 0 Å². The molecule has 0 unspecified atom stereocenters. The maximum Gasteiger partial charge on any atom is 0.256 e. The Labute approximate surface area is 130 Å². The lowest BCUT2D eigenvalue weighted by Gasteiger charge is -2.19. The highest BCUT2D eigenvalue weighted by Gasteiger charge is 2.22. The van der Waals surface area contributed by atoms with Crippen molar-refractivity contribution in [2.45, 2.75) is 19.4 Å². The van der Waals surface area contributed by atoms with Crippen LogP contribution in [0.1, 0.15) is 28.8 Å². The molecule has 22 heavy (non-hydrogen) atoms. The molecular weight excluding hydrogens is 276 g/mol. The average molecular weight is 296 g/mol. The quantitative estimate of drug-likeness (QED) is 0.850. The van der Waals surface area contributed by atoms with Gasteiger partial charge in [-0.1, -0.05) is 6.07 Å². The minimum atomic E-state index is 0.0542. The summed E-state index contributed by atoms with van der Waals surface area (Å²) in [6, 6.07) is 9.34. The molecular formula is C17H20N4O. The van der Waals surface area contributed by atoms with Crippen LogP contribution in [-0.4, -0.2) is 28.9 Å². The summed E-state index contributed by atoms with van der Waals surface area (Å²) in [5, 5.41) is 3.32. The third-order valence-corrected chi connectivity index (χ3v) is 3.87. The zero-order valence-electron chi connectivity index (χ0n) is 12.5. The lowest BCUT2D eigenvalue weighted by molar-refractivity contribution is 0.0794. The van der Waals surface area contributed by atoms with E-state index in [1.54, 1.807) is 12.3 Å². The smallest absolute Gasteiger partial charge is 0.256 e. The van der Waals surface area contributed by atoms with Crippen LogP contribution in [-0.2, 0) is 6.54 Å². The molecule has 3 rings (SSSR count). The number of anilines is 2. The maximum atomic E-state index is 12.6. The van der Waals surface area contributed by atoms with E-state index in [1.807, 2.05) is 35.4 Å². The predicted octanol–water partition coefficient (Wildman–Crippen LogP) is 2.51. The van der Waals surface area contributed by atoms with E-state index in [0.29, 0.717) is 17.8 Å². The summed E-state index contributed by atoms with van der Waals surface area (Å²) in [5.41, 5.74) is 9.00.